The summed E-state index contributed by atoms with van der Waals surface area (Å²) in [5, 5.41) is 9.39. The smallest absolute Gasteiger partial charge is 0.273 e. The van der Waals surface area contributed by atoms with Crippen LogP contribution in [0.4, 0.5) is 11.4 Å². The Hall–Kier alpha value is -7.21. The minimum atomic E-state index is -0.601. The van der Waals surface area contributed by atoms with Crippen LogP contribution in [0.3, 0.4) is 0 Å². The molecule has 57 heavy (non-hydrogen) atoms. The average Bonchev–Trinajstić information content (AvgIpc) is 4.06. The van der Waals surface area contributed by atoms with Crippen LogP contribution in [0.5, 0.6) is 0 Å². The molecule has 7 aromatic rings. The maximum Gasteiger partial charge on any atom is 0.273 e. The average molecular weight is 755 g/mol. The number of fused-ring (bicyclic) bond motifs is 2. The highest BCUT2D eigenvalue weighted by atomic mass is 16.2. The fraction of sp³-hybridized carbons (Fsp3) is 0.178. The lowest BCUT2D eigenvalue weighted by Gasteiger charge is -2.24. The first kappa shape index (κ1) is 35.5. The van der Waals surface area contributed by atoms with Crippen molar-refractivity contribution < 1.29 is 19.2 Å². The van der Waals surface area contributed by atoms with Crippen LogP contribution < -0.4 is 10.6 Å². The van der Waals surface area contributed by atoms with Gasteiger partial charge in [-0.2, -0.15) is 0 Å². The number of aromatic nitrogens is 4. The Morgan fingerprint density at radius 1 is 0.561 bits per heavy atom. The molecule has 0 radical (unpaired) electrons. The molecule has 12 heteroatoms. The van der Waals surface area contributed by atoms with E-state index < -0.39 is 12.1 Å². The van der Waals surface area contributed by atoms with Crippen LogP contribution in [0.25, 0.3) is 44.1 Å². The zero-order valence-electron chi connectivity index (χ0n) is 30.9. The van der Waals surface area contributed by atoms with Gasteiger partial charge in [0.15, 0.2) is 0 Å². The van der Waals surface area contributed by atoms with Crippen molar-refractivity contribution in [2.45, 2.75) is 37.8 Å². The van der Waals surface area contributed by atoms with Gasteiger partial charge in [-0.3, -0.25) is 29.1 Å². The minimum Gasteiger partial charge on any atom is -0.344 e. The Labute approximate surface area is 328 Å². The van der Waals surface area contributed by atoms with Crippen LogP contribution in [0.15, 0.2) is 128 Å². The molecule has 5 heterocycles. The number of nitrogens with zero attached hydrogens (tertiary/aromatic N) is 5. The number of nitrogens with one attached hydrogen (secondary N) is 3. The third-order valence-corrected chi connectivity index (χ3v) is 10.9. The molecule has 4 amide bonds. The van der Waals surface area contributed by atoms with Gasteiger partial charge in [0, 0.05) is 58.8 Å². The molecular formula is C45H38N8O4. The van der Waals surface area contributed by atoms with E-state index in [2.05, 4.69) is 30.6 Å². The SMILES string of the molecule is O=C(Nc1ccc(-c2nc[nH]c2-c2ccc(NC(=O)C3CCCN3C(=O)c3nccc4ccccc34)cc2)cc1)C1CCCN1C(=O)c1nccc2ccccc12. The lowest BCUT2D eigenvalue weighted by Crippen LogP contribution is -2.43. The van der Waals surface area contributed by atoms with Crippen LogP contribution in [-0.2, 0) is 9.59 Å². The predicted octanol–water partition coefficient (Wildman–Crippen LogP) is 7.33. The molecule has 9 rings (SSSR count). The maximum absolute atomic E-state index is 13.6. The van der Waals surface area contributed by atoms with Crippen LogP contribution in [-0.4, -0.2) is 78.5 Å². The summed E-state index contributed by atoms with van der Waals surface area (Å²) in [6, 6.07) is 32.7. The van der Waals surface area contributed by atoms with E-state index in [9.17, 15) is 19.2 Å². The van der Waals surface area contributed by atoms with Crippen molar-refractivity contribution in [1.82, 2.24) is 29.7 Å². The molecule has 0 spiro atoms. The summed E-state index contributed by atoms with van der Waals surface area (Å²) >= 11 is 0. The van der Waals surface area contributed by atoms with Crippen molar-refractivity contribution in [2.75, 3.05) is 23.7 Å². The molecule has 3 aromatic heterocycles. The highest BCUT2D eigenvalue weighted by Crippen LogP contribution is 2.32. The molecule has 2 aliphatic heterocycles. The predicted molar refractivity (Wildman–Crippen MR) is 218 cm³/mol. The van der Waals surface area contributed by atoms with E-state index in [1.54, 1.807) is 28.5 Å². The molecule has 0 bridgehead atoms. The summed E-state index contributed by atoms with van der Waals surface area (Å²) < 4.78 is 0. The van der Waals surface area contributed by atoms with Crippen molar-refractivity contribution in [3.05, 3.63) is 139 Å². The number of likely N-dealkylation sites (tertiary alicyclic amines) is 2. The zero-order valence-corrected chi connectivity index (χ0v) is 30.9. The second-order valence-electron chi connectivity index (χ2n) is 14.3. The number of imidazole rings is 1. The molecule has 282 valence electrons. The highest BCUT2D eigenvalue weighted by Gasteiger charge is 2.37. The summed E-state index contributed by atoms with van der Waals surface area (Å²) in [4.78, 5) is 74.1. The number of carbonyl (C=O) groups excluding carboxylic acids is 4. The van der Waals surface area contributed by atoms with Crippen LogP contribution in [0.1, 0.15) is 46.7 Å². The van der Waals surface area contributed by atoms with E-state index in [1.165, 1.54) is 0 Å². The van der Waals surface area contributed by atoms with E-state index in [0.29, 0.717) is 48.7 Å². The Morgan fingerprint density at radius 3 is 1.54 bits per heavy atom. The first-order chi connectivity index (χ1) is 27.9. The monoisotopic (exact) mass is 754 g/mol. The maximum atomic E-state index is 13.6. The fourth-order valence-electron chi connectivity index (χ4n) is 8.03. The number of H-pyrrole nitrogens is 1. The number of amides is 4. The van der Waals surface area contributed by atoms with Gasteiger partial charge >= 0.3 is 0 Å². The van der Waals surface area contributed by atoms with Crippen LogP contribution >= 0.6 is 0 Å². The van der Waals surface area contributed by atoms with E-state index in [-0.39, 0.29) is 23.6 Å². The van der Waals surface area contributed by atoms with Gasteiger partial charge in [0.05, 0.1) is 17.7 Å². The molecule has 0 saturated carbocycles. The summed E-state index contributed by atoms with van der Waals surface area (Å²) in [6.45, 7) is 0.974. The normalized spacial score (nSPS) is 16.6. The molecule has 2 aliphatic rings. The van der Waals surface area contributed by atoms with Gasteiger partial charge < -0.3 is 25.4 Å². The van der Waals surface area contributed by atoms with Crippen molar-refractivity contribution in [1.29, 1.82) is 0 Å². The van der Waals surface area contributed by atoms with Crippen molar-refractivity contribution in [3.8, 4) is 22.5 Å². The lowest BCUT2D eigenvalue weighted by atomic mass is 10.0. The summed E-state index contributed by atoms with van der Waals surface area (Å²) in [5.74, 6) is -0.971. The number of pyridine rings is 2. The number of carbonyl (C=O) groups is 4. The summed E-state index contributed by atoms with van der Waals surface area (Å²) in [7, 11) is 0. The van der Waals surface area contributed by atoms with Crippen molar-refractivity contribution in [2.24, 2.45) is 0 Å². The van der Waals surface area contributed by atoms with E-state index in [1.807, 2.05) is 109 Å². The standard InChI is InChI=1S/C45H38N8O4/c54-42(36-11-5-25-52(36)44(56)40-34-9-3-1-7-28(34)21-23-46-40)50-32-17-13-30(14-18-32)38-39(49-27-48-38)31-15-19-33(20-16-31)51-43(55)37-12-6-26-53(37)45(57)41-35-10-4-2-8-29(35)22-24-47-41/h1-4,7-10,13-24,27,36-37H,5-6,11-12,25-26H2,(H,48,49)(H,50,54)(H,51,55). The van der Waals surface area contributed by atoms with Gasteiger partial charge in [0.2, 0.25) is 11.8 Å². The molecule has 2 fully saturated rings. The minimum absolute atomic E-state index is 0.239. The molecular weight excluding hydrogens is 717 g/mol. The number of aromatic amines is 1. The largest absolute Gasteiger partial charge is 0.344 e. The quantitative estimate of drug-likeness (QED) is 0.147. The number of hydrogen-bond acceptors (Lipinski definition) is 7. The zero-order chi connectivity index (χ0) is 38.9. The second kappa shape index (κ2) is 15.1. The Morgan fingerprint density at radius 2 is 1.04 bits per heavy atom. The molecule has 12 nitrogen and oxygen atoms in total. The summed E-state index contributed by atoms with van der Waals surface area (Å²) in [5.41, 5.74) is 5.15. The van der Waals surface area contributed by atoms with E-state index in [0.717, 1.165) is 56.9 Å². The van der Waals surface area contributed by atoms with Gasteiger partial charge in [0.1, 0.15) is 23.5 Å². The van der Waals surface area contributed by atoms with Gasteiger partial charge in [-0.1, -0.05) is 72.8 Å². The van der Waals surface area contributed by atoms with Gasteiger partial charge in [-0.05, 0) is 72.9 Å². The van der Waals surface area contributed by atoms with Crippen LogP contribution in [0, 0.1) is 0 Å². The number of hydrogen-bond donors (Lipinski definition) is 3. The first-order valence-electron chi connectivity index (χ1n) is 19.1. The summed E-state index contributed by atoms with van der Waals surface area (Å²) in [6.07, 6.45) is 7.49. The number of benzene rings is 4. The van der Waals surface area contributed by atoms with Gasteiger partial charge in [0.25, 0.3) is 11.8 Å². The molecule has 2 unspecified atom stereocenters. The van der Waals surface area contributed by atoms with Crippen molar-refractivity contribution >= 4 is 56.5 Å². The third kappa shape index (κ3) is 6.86. The van der Waals surface area contributed by atoms with Gasteiger partial charge in [-0.25, -0.2) is 4.98 Å². The van der Waals surface area contributed by atoms with E-state index in [4.69, 9.17) is 0 Å². The topological polar surface area (TPSA) is 153 Å². The molecule has 0 aliphatic carbocycles. The molecule has 2 atom stereocenters. The van der Waals surface area contributed by atoms with Gasteiger partial charge in [-0.15, -0.1) is 0 Å². The first-order valence-corrected chi connectivity index (χ1v) is 19.1. The lowest BCUT2D eigenvalue weighted by molar-refractivity contribution is -0.120. The highest BCUT2D eigenvalue weighted by molar-refractivity contribution is 6.09. The Balaban J connectivity index is 0.845. The fourth-order valence-corrected chi connectivity index (χ4v) is 8.03. The number of rotatable bonds is 8. The number of anilines is 2. The Kier molecular flexibility index (Phi) is 9.43. The van der Waals surface area contributed by atoms with Crippen LogP contribution in [0.2, 0.25) is 0 Å². The molecule has 3 N–H and O–H groups in total. The van der Waals surface area contributed by atoms with Crippen molar-refractivity contribution in [3.63, 3.8) is 0 Å². The molecule has 4 aromatic carbocycles. The second-order valence-corrected chi connectivity index (χ2v) is 14.3. The Bertz CT molecular complexity index is 2470. The molecule has 2 saturated heterocycles. The third-order valence-electron chi connectivity index (χ3n) is 10.9. The van der Waals surface area contributed by atoms with E-state index >= 15 is 0 Å².